The van der Waals surface area contributed by atoms with E-state index in [4.69, 9.17) is 0 Å². The molecule has 2 N–H and O–H groups in total. The Morgan fingerprint density at radius 3 is 1.67 bits per heavy atom. The number of nitrogens with zero attached hydrogens (tertiary/aromatic N) is 2. The van der Waals surface area contributed by atoms with Crippen molar-refractivity contribution in [2.24, 2.45) is 0 Å². The lowest BCUT2D eigenvalue weighted by molar-refractivity contribution is -0.380. The number of aromatic amines is 2. The van der Waals surface area contributed by atoms with Crippen LogP contribution in [0.1, 0.15) is 0 Å². The fourth-order valence-corrected chi connectivity index (χ4v) is 0.930. The molecule has 2 aromatic rings. The number of hydrogen-bond donors (Lipinski definition) is 0. The van der Waals surface area contributed by atoms with Gasteiger partial charge in [-0.25, -0.2) is 19.9 Å². The van der Waals surface area contributed by atoms with Gasteiger partial charge in [-0.1, -0.05) is 0 Å². The summed E-state index contributed by atoms with van der Waals surface area (Å²) in [7, 11) is 0. The number of rotatable bonds is 1. The number of aromatic nitrogens is 4. The van der Waals surface area contributed by atoms with E-state index in [0.717, 1.165) is 11.4 Å². The van der Waals surface area contributed by atoms with Crippen molar-refractivity contribution in [2.75, 3.05) is 0 Å². The summed E-state index contributed by atoms with van der Waals surface area (Å²) >= 11 is 0. The van der Waals surface area contributed by atoms with Gasteiger partial charge in [-0.15, -0.1) is 0 Å². The monoisotopic (exact) mass is 160 g/mol. The Labute approximate surface area is 69.4 Å². The van der Waals surface area contributed by atoms with Crippen LogP contribution in [0.2, 0.25) is 0 Å². The molecule has 0 saturated heterocycles. The van der Waals surface area contributed by atoms with Gasteiger partial charge < -0.3 is 0 Å². The molecular formula is C8H8N4+2. The zero-order chi connectivity index (χ0) is 8.23. The Balaban J connectivity index is 2.46. The van der Waals surface area contributed by atoms with Crippen LogP contribution in [0.25, 0.3) is 11.4 Å². The minimum absolute atomic E-state index is 0.828. The highest BCUT2D eigenvalue weighted by Crippen LogP contribution is 2.05. The summed E-state index contributed by atoms with van der Waals surface area (Å²) in [6.45, 7) is 0. The number of nitrogens with one attached hydrogen (secondary N) is 2. The first-order chi connectivity index (χ1) is 5.97. The van der Waals surface area contributed by atoms with E-state index in [9.17, 15) is 0 Å². The van der Waals surface area contributed by atoms with E-state index in [1.165, 1.54) is 0 Å². The minimum atomic E-state index is 0.828. The SMILES string of the molecule is c1c[nH+]cc(-c2c[nH+]ccn2)n1. The van der Waals surface area contributed by atoms with E-state index in [2.05, 4.69) is 19.9 Å². The smallest absolute Gasteiger partial charge is 0.195 e. The van der Waals surface area contributed by atoms with Gasteiger partial charge in [-0.2, -0.15) is 0 Å². The summed E-state index contributed by atoms with van der Waals surface area (Å²) < 4.78 is 0. The molecule has 0 spiro atoms. The predicted molar refractivity (Wildman–Crippen MR) is 40.6 cm³/mol. The average Bonchev–Trinajstić information content (AvgIpc) is 2.21. The average molecular weight is 160 g/mol. The van der Waals surface area contributed by atoms with E-state index in [1.807, 2.05) is 0 Å². The van der Waals surface area contributed by atoms with Crippen molar-refractivity contribution in [1.29, 1.82) is 0 Å². The molecule has 4 nitrogen and oxygen atoms in total. The van der Waals surface area contributed by atoms with Crippen LogP contribution in [-0.2, 0) is 0 Å². The maximum absolute atomic E-state index is 4.14. The molecular weight excluding hydrogens is 152 g/mol. The lowest BCUT2D eigenvalue weighted by Gasteiger charge is -1.89. The molecule has 0 aromatic carbocycles. The standard InChI is InChI=1S/C8H6N4/c1-3-11-7(5-9-1)8-6-10-2-4-12-8/h1-6H/p+2. The zero-order valence-electron chi connectivity index (χ0n) is 6.36. The summed E-state index contributed by atoms with van der Waals surface area (Å²) in [5.41, 5.74) is 1.66. The van der Waals surface area contributed by atoms with E-state index >= 15 is 0 Å². The third-order valence-corrected chi connectivity index (χ3v) is 1.47. The van der Waals surface area contributed by atoms with Crippen molar-refractivity contribution >= 4 is 0 Å². The molecule has 2 aromatic heterocycles. The normalized spacial score (nSPS) is 9.67. The van der Waals surface area contributed by atoms with Crippen LogP contribution in [0, 0.1) is 0 Å². The summed E-state index contributed by atoms with van der Waals surface area (Å²) in [4.78, 5) is 14.2. The quantitative estimate of drug-likeness (QED) is 0.578. The van der Waals surface area contributed by atoms with E-state index < -0.39 is 0 Å². The molecule has 0 aliphatic carbocycles. The summed E-state index contributed by atoms with van der Waals surface area (Å²) in [5.74, 6) is 0. The molecule has 0 amide bonds. The maximum atomic E-state index is 4.14. The highest BCUT2D eigenvalue weighted by Gasteiger charge is 2.03. The minimum Gasteiger partial charge on any atom is -0.242 e. The fourth-order valence-electron chi connectivity index (χ4n) is 0.930. The van der Waals surface area contributed by atoms with Crippen molar-refractivity contribution in [3.05, 3.63) is 37.2 Å². The fraction of sp³-hybridized carbons (Fsp3) is 0. The maximum Gasteiger partial charge on any atom is 0.195 e. The van der Waals surface area contributed by atoms with Crippen molar-refractivity contribution in [3.8, 4) is 11.4 Å². The van der Waals surface area contributed by atoms with Gasteiger partial charge >= 0.3 is 0 Å². The molecule has 12 heavy (non-hydrogen) atoms. The molecule has 2 heterocycles. The van der Waals surface area contributed by atoms with Crippen molar-refractivity contribution in [1.82, 2.24) is 9.97 Å². The Hall–Kier alpha value is -1.84. The Morgan fingerprint density at radius 2 is 1.33 bits per heavy atom. The number of H-pyrrole nitrogens is 2. The van der Waals surface area contributed by atoms with E-state index in [-0.39, 0.29) is 0 Å². The van der Waals surface area contributed by atoms with Gasteiger partial charge in [-0.05, 0) is 0 Å². The van der Waals surface area contributed by atoms with Gasteiger partial charge in [0.2, 0.25) is 0 Å². The zero-order valence-corrected chi connectivity index (χ0v) is 6.36. The first kappa shape index (κ1) is 6.84. The molecule has 0 aliphatic heterocycles. The van der Waals surface area contributed by atoms with Crippen molar-refractivity contribution in [2.45, 2.75) is 0 Å². The van der Waals surface area contributed by atoms with Crippen LogP contribution in [0.3, 0.4) is 0 Å². The van der Waals surface area contributed by atoms with Gasteiger partial charge in [0.05, 0.1) is 12.4 Å². The Morgan fingerprint density at radius 1 is 0.833 bits per heavy atom. The molecule has 4 heteroatoms. The van der Waals surface area contributed by atoms with E-state index in [0.29, 0.717) is 0 Å². The molecule has 0 bridgehead atoms. The van der Waals surface area contributed by atoms with Crippen molar-refractivity contribution in [3.63, 3.8) is 0 Å². The van der Waals surface area contributed by atoms with Gasteiger partial charge in [0.15, 0.2) is 36.2 Å². The second-order valence-electron chi connectivity index (χ2n) is 2.28. The third kappa shape index (κ3) is 1.27. The first-order valence-corrected chi connectivity index (χ1v) is 3.61. The lowest BCUT2D eigenvalue weighted by atomic mass is 10.3. The Kier molecular flexibility index (Phi) is 1.74. The second-order valence-corrected chi connectivity index (χ2v) is 2.28. The largest absolute Gasteiger partial charge is 0.242 e. The van der Waals surface area contributed by atoms with E-state index in [1.54, 1.807) is 37.2 Å². The highest BCUT2D eigenvalue weighted by molar-refractivity contribution is 5.48. The van der Waals surface area contributed by atoms with Crippen LogP contribution >= 0.6 is 0 Å². The van der Waals surface area contributed by atoms with Gasteiger partial charge in [0.25, 0.3) is 0 Å². The lowest BCUT2D eigenvalue weighted by Crippen LogP contribution is -2.05. The number of hydrogen-bond acceptors (Lipinski definition) is 2. The van der Waals surface area contributed by atoms with Crippen LogP contribution in [0.15, 0.2) is 37.2 Å². The summed E-state index contributed by atoms with van der Waals surface area (Å²) in [5, 5.41) is 0. The summed E-state index contributed by atoms with van der Waals surface area (Å²) in [6, 6.07) is 0. The van der Waals surface area contributed by atoms with Gasteiger partial charge in [0.1, 0.15) is 0 Å². The first-order valence-electron chi connectivity index (χ1n) is 3.61. The molecule has 0 saturated carbocycles. The molecule has 0 fully saturated rings. The molecule has 0 unspecified atom stereocenters. The molecule has 0 atom stereocenters. The van der Waals surface area contributed by atoms with Gasteiger partial charge in [-0.3, -0.25) is 0 Å². The van der Waals surface area contributed by atoms with Crippen LogP contribution in [-0.4, -0.2) is 9.97 Å². The molecule has 0 aliphatic rings. The topological polar surface area (TPSA) is 54.1 Å². The molecule has 0 radical (unpaired) electrons. The van der Waals surface area contributed by atoms with Crippen LogP contribution < -0.4 is 9.97 Å². The molecule has 58 valence electrons. The second kappa shape index (κ2) is 3.04. The molecule has 2 rings (SSSR count). The summed E-state index contributed by atoms with van der Waals surface area (Å²) in [6.07, 6.45) is 10.5. The predicted octanol–water partition coefficient (Wildman–Crippen LogP) is -0.228. The highest BCUT2D eigenvalue weighted by atomic mass is 14.8. The third-order valence-electron chi connectivity index (χ3n) is 1.47. The Bertz CT molecular complexity index is 308. The van der Waals surface area contributed by atoms with Crippen molar-refractivity contribution < 1.29 is 9.97 Å². The van der Waals surface area contributed by atoms with Crippen LogP contribution in [0.5, 0.6) is 0 Å². The van der Waals surface area contributed by atoms with Gasteiger partial charge in [0, 0.05) is 0 Å². The van der Waals surface area contributed by atoms with Crippen LogP contribution in [0.4, 0.5) is 0 Å².